The molecule has 0 fully saturated rings. The second-order valence-corrected chi connectivity index (χ2v) is 5.39. The van der Waals surface area contributed by atoms with Gasteiger partial charge in [-0.25, -0.2) is 0 Å². The van der Waals surface area contributed by atoms with Gasteiger partial charge < -0.3 is 10.6 Å². The minimum absolute atomic E-state index is 0.0641. The minimum Gasteiger partial charge on any atom is -0.351 e. The van der Waals surface area contributed by atoms with Gasteiger partial charge in [-0.1, -0.05) is 62.9 Å². The van der Waals surface area contributed by atoms with E-state index in [0.29, 0.717) is 19.1 Å². The molecule has 1 amide bonds. The maximum Gasteiger partial charge on any atom is 0.234 e. The first kappa shape index (κ1) is 16.7. The summed E-state index contributed by atoms with van der Waals surface area (Å²) in [6, 6.07) is 10.4. The fraction of sp³-hybridized carbons (Fsp3) is 0.588. The van der Waals surface area contributed by atoms with E-state index in [-0.39, 0.29) is 5.91 Å². The quantitative estimate of drug-likeness (QED) is 0.644. The summed E-state index contributed by atoms with van der Waals surface area (Å²) in [5.41, 5.74) is 1.13. The lowest BCUT2D eigenvalue weighted by Gasteiger charge is -2.13. The van der Waals surface area contributed by atoms with Crippen LogP contribution in [0.25, 0.3) is 0 Å². The molecular weight excluding hydrogens is 248 g/mol. The third-order valence-corrected chi connectivity index (χ3v) is 3.43. The van der Waals surface area contributed by atoms with Gasteiger partial charge in [-0.3, -0.25) is 4.79 Å². The van der Waals surface area contributed by atoms with Gasteiger partial charge >= 0.3 is 0 Å². The van der Waals surface area contributed by atoms with Crippen molar-refractivity contribution in [3.05, 3.63) is 35.9 Å². The van der Waals surface area contributed by atoms with Crippen LogP contribution in [0.4, 0.5) is 0 Å². The van der Waals surface area contributed by atoms with Crippen molar-refractivity contribution in [1.82, 2.24) is 10.6 Å². The number of carbonyl (C=O) groups excluding carboxylic acids is 1. The Labute approximate surface area is 123 Å². The lowest BCUT2D eigenvalue weighted by molar-refractivity contribution is -0.120. The molecule has 0 saturated carbocycles. The van der Waals surface area contributed by atoms with Crippen LogP contribution in [0.2, 0.25) is 0 Å². The van der Waals surface area contributed by atoms with Gasteiger partial charge in [0.25, 0.3) is 0 Å². The van der Waals surface area contributed by atoms with Crippen LogP contribution in [0.1, 0.15) is 51.5 Å². The van der Waals surface area contributed by atoms with Gasteiger partial charge in [0.2, 0.25) is 5.91 Å². The Morgan fingerprint density at radius 2 is 1.90 bits per heavy atom. The summed E-state index contributed by atoms with van der Waals surface area (Å²) < 4.78 is 0. The van der Waals surface area contributed by atoms with E-state index < -0.39 is 0 Å². The summed E-state index contributed by atoms with van der Waals surface area (Å²) in [4.78, 5) is 11.7. The summed E-state index contributed by atoms with van der Waals surface area (Å²) in [6.45, 7) is 5.38. The first-order valence-electron chi connectivity index (χ1n) is 7.76. The number of amides is 1. The van der Waals surface area contributed by atoms with Crippen LogP contribution in [0, 0.1) is 0 Å². The number of hydrogen-bond donors (Lipinski definition) is 2. The molecule has 1 atom stereocenters. The average Bonchev–Trinajstić information content (AvgIpc) is 2.48. The molecule has 3 heteroatoms. The molecule has 1 rings (SSSR count). The maximum absolute atomic E-state index is 11.7. The van der Waals surface area contributed by atoms with E-state index in [1.54, 1.807) is 0 Å². The summed E-state index contributed by atoms with van der Waals surface area (Å²) in [6.07, 6.45) is 6.26. The van der Waals surface area contributed by atoms with Gasteiger partial charge in [-0.05, 0) is 18.9 Å². The number of rotatable bonds is 10. The van der Waals surface area contributed by atoms with E-state index in [1.165, 1.54) is 25.7 Å². The van der Waals surface area contributed by atoms with Crippen molar-refractivity contribution >= 4 is 5.91 Å². The highest BCUT2D eigenvalue weighted by Crippen LogP contribution is 2.04. The van der Waals surface area contributed by atoms with Gasteiger partial charge in [0, 0.05) is 12.6 Å². The van der Waals surface area contributed by atoms with E-state index in [4.69, 9.17) is 0 Å². The number of benzene rings is 1. The van der Waals surface area contributed by atoms with E-state index in [1.807, 2.05) is 30.3 Å². The van der Waals surface area contributed by atoms with Crippen LogP contribution in [0.15, 0.2) is 30.3 Å². The topological polar surface area (TPSA) is 41.1 Å². The SMILES string of the molecule is CCCCCCC(C)NCC(=O)NCc1ccccc1. The Kier molecular flexibility index (Phi) is 8.72. The molecule has 0 aliphatic carbocycles. The van der Waals surface area contributed by atoms with Crippen LogP contribution < -0.4 is 10.6 Å². The Hall–Kier alpha value is -1.35. The molecule has 1 aromatic rings. The highest BCUT2D eigenvalue weighted by atomic mass is 16.1. The average molecular weight is 276 g/mol. The van der Waals surface area contributed by atoms with Crippen LogP contribution in [-0.4, -0.2) is 18.5 Å². The van der Waals surface area contributed by atoms with Crippen LogP contribution in [-0.2, 0) is 11.3 Å². The predicted octanol–water partition coefficient (Wildman–Crippen LogP) is 3.25. The first-order valence-corrected chi connectivity index (χ1v) is 7.76. The largest absolute Gasteiger partial charge is 0.351 e. The molecule has 0 aliphatic heterocycles. The minimum atomic E-state index is 0.0641. The fourth-order valence-corrected chi connectivity index (χ4v) is 2.11. The smallest absolute Gasteiger partial charge is 0.234 e. The predicted molar refractivity (Wildman–Crippen MR) is 84.5 cm³/mol. The van der Waals surface area contributed by atoms with E-state index in [2.05, 4.69) is 24.5 Å². The standard InChI is InChI=1S/C17H28N2O/c1-3-4-5-7-10-15(2)18-14-17(20)19-13-16-11-8-6-9-12-16/h6,8-9,11-12,15,18H,3-5,7,10,13-14H2,1-2H3,(H,19,20). The van der Waals surface area contributed by atoms with E-state index in [9.17, 15) is 4.79 Å². The number of unbranched alkanes of at least 4 members (excludes halogenated alkanes) is 3. The molecule has 0 saturated heterocycles. The molecule has 0 bridgehead atoms. The van der Waals surface area contributed by atoms with Crippen LogP contribution >= 0.6 is 0 Å². The van der Waals surface area contributed by atoms with Crippen molar-refractivity contribution in [1.29, 1.82) is 0 Å². The Bertz CT molecular complexity index is 365. The highest BCUT2D eigenvalue weighted by Gasteiger charge is 2.05. The summed E-state index contributed by atoms with van der Waals surface area (Å²) in [5.74, 6) is 0.0641. The van der Waals surface area contributed by atoms with Crippen molar-refractivity contribution in [2.45, 2.75) is 58.5 Å². The van der Waals surface area contributed by atoms with Crippen LogP contribution in [0.5, 0.6) is 0 Å². The molecule has 0 radical (unpaired) electrons. The molecule has 1 unspecified atom stereocenters. The molecule has 3 nitrogen and oxygen atoms in total. The van der Waals surface area contributed by atoms with Gasteiger partial charge in [0.05, 0.1) is 6.54 Å². The Morgan fingerprint density at radius 3 is 2.60 bits per heavy atom. The molecule has 0 aromatic heterocycles. The normalized spacial score (nSPS) is 12.1. The zero-order chi connectivity index (χ0) is 14.6. The molecule has 20 heavy (non-hydrogen) atoms. The molecule has 112 valence electrons. The van der Waals surface area contributed by atoms with E-state index >= 15 is 0 Å². The van der Waals surface area contributed by atoms with Crippen molar-refractivity contribution in [3.8, 4) is 0 Å². The number of nitrogens with one attached hydrogen (secondary N) is 2. The zero-order valence-electron chi connectivity index (χ0n) is 12.8. The molecule has 0 heterocycles. The second-order valence-electron chi connectivity index (χ2n) is 5.39. The third-order valence-electron chi connectivity index (χ3n) is 3.43. The molecule has 2 N–H and O–H groups in total. The van der Waals surface area contributed by atoms with Gasteiger partial charge in [-0.15, -0.1) is 0 Å². The van der Waals surface area contributed by atoms with Crippen LogP contribution in [0.3, 0.4) is 0 Å². The summed E-state index contributed by atoms with van der Waals surface area (Å²) in [5, 5.41) is 6.21. The van der Waals surface area contributed by atoms with Crippen molar-refractivity contribution in [3.63, 3.8) is 0 Å². The monoisotopic (exact) mass is 276 g/mol. The fourth-order valence-electron chi connectivity index (χ4n) is 2.11. The van der Waals surface area contributed by atoms with Crippen molar-refractivity contribution < 1.29 is 4.79 Å². The first-order chi connectivity index (χ1) is 9.72. The molecule has 1 aromatic carbocycles. The van der Waals surface area contributed by atoms with E-state index in [0.717, 1.165) is 12.0 Å². The number of hydrogen-bond acceptors (Lipinski definition) is 2. The van der Waals surface area contributed by atoms with Crippen molar-refractivity contribution in [2.24, 2.45) is 0 Å². The van der Waals surface area contributed by atoms with Gasteiger partial charge in [0.1, 0.15) is 0 Å². The summed E-state index contributed by atoms with van der Waals surface area (Å²) in [7, 11) is 0. The van der Waals surface area contributed by atoms with Gasteiger partial charge in [0.15, 0.2) is 0 Å². The highest BCUT2D eigenvalue weighted by molar-refractivity contribution is 5.77. The number of carbonyl (C=O) groups is 1. The zero-order valence-corrected chi connectivity index (χ0v) is 12.8. The lowest BCUT2D eigenvalue weighted by atomic mass is 10.1. The lowest BCUT2D eigenvalue weighted by Crippen LogP contribution is -2.37. The Morgan fingerprint density at radius 1 is 1.15 bits per heavy atom. The third kappa shape index (κ3) is 7.95. The van der Waals surface area contributed by atoms with Crippen molar-refractivity contribution in [2.75, 3.05) is 6.54 Å². The summed E-state index contributed by atoms with van der Waals surface area (Å²) >= 11 is 0. The maximum atomic E-state index is 11.7. The molecule has 0 spiro atoms. The molecule has 0 aliphatic rings. The molecular formula is C17H28N2O. The second kappa shape index (κ2) is 10.4. The van der Waals surface area contributed by atoms with Gasteiger partial charge in [-0.2, -0.15) is 0 Å². The Balaban J connectivity index is 2.07.